The second-order valence-electron chi connectivity index (χ2n) is 10.3. The number of benzene rings is 3. The topological polar surface area (TPSA) is 176 Å². The first kappa shape index (κ1) is 35.7. The molecule has 0 spiro atoms. The Kier molecular flexibility index (Phi) is 14.5. The summed E-state index contributed by atoms with van der Waals surface area (Å²) < 4.78 is 27.0. The molecule has 0 bridgehead atoms. The highest BCUT2D eigenvalue weighted by Gasteiger charge is 2.12. The summed E-state index contributed by atoms with van der Waals surface area (Å²) in [6.45, 7) is 4.01. The van der Waals surface area contributed by atoms with Crippen molar-refractivity contribution in [1.29, 1.82) is 0 Å². The van der Waals surface area contributed by atoms with Crippen molar-refractivity contribution >= 4 is 23.8 Å². The van der Waals surface area contributed by atoms with Gasteiger partial charge in [-0.1, -0.05) is 36.4 Å². The Bertz CT molecular complexity index is 1560. The molecule has 1 amide bonds. The summed E-state index contributed by atoms with van der Waals surface area (Å²) in [7, 11) is 4.84. The number of para-hydroxylation sites is 1. The van der Waals surface area contributed by atoms with Gasteiger partial charge >= 0.3 is 0 Å². The van der Waals surface area contributed by atoms with Gasteiger partial charge in [-0.05, 0) is 41.5 Å². The number of methoxy groups -OCH3 is 3. The van der Waals surface area contributed by atoms with Gasteiger partial charge in [0, 0.05) is 43.9 Å². The maximum absolute atomic E-state index is 12.5. The van der Waals surface area contributed by atoms with Gasteiger partial charge in [0.25, 0.3) is 5.91 Å². The van der Waals surface area contributed by atoms with E-state index in [1.54, 1.807) is 33.5 Å². The lowest BCUT2D eigenvalue weighted by atomic mass is 10.1. The summed E-state index contributed by atoms with van der Waals surface area (Å²) in [6, 6.07) is 20.7. The van der Waals surface area contributed by atoms with Crippen LogP contribution in [0.5, 0.6) is 17.2 Å². The van der Waals surface area contributed by atoms with Gasteiger partial charge in [0.05, 0.1) is 47.8 Å². The average Bonchev–Trinajstić information content (AvgIpc) is 3.13. The van der Waals surface area contributed by atoms with Crippen molar-refractivity contribution < 1.29 is 28.5 Å². The SMILES string of the molecule is COc1ccc(CNc2nc(NCc3ccc(C(=O)NCCOCCOCCN)cc3)nc(NCc3cccc(OC)c3OC)n2)cc1. The zero-order valence-corrected chi connectivity index (χ0v) is 27.6. The molecule has 1 heterocycles. The lowest BCUT2D eigenvalue weighted by Crippen LogP contribution is -2.27. The molecule has 48 heavy (non-hydrogen) atoms. The first-order chi connectivity index (χ1) is 23.5. The van der Waals surface area contributed by atoms with E-state index in [0.717, 1.165) is 22.4 Å². The molecular weight excluding hydrogens is 616 g/mol. The standard InChI is InChI=1S/C34H44N8O6/c1-44-28-13-9-25(10-14-28)22-38-33-40-32(41-34(42-33)39-23-27-5-4-6-29(45-2)30(27)46-3)37-21-24-7-11-26(12-8-24)31(43)36-16-18-48-20-19-47-17-15-35/h4-14H,15-23,35H2,1-3H3,(H,36,43)(H3,37,38,39,40,41,42). The molecule has 14 nitrogen and oxygen atoms in total. The highest BCUT2D eigenvalue weighted by Crippen LogP contribution is 2.31. The number of carbonyl (C=O) groups excluding carboxylic acids is 1. The van der Waals surface area contributed by atoms with Gasteiger partial charge in [0.15, 0.2) is 11.5 Å². The van der Waals surface area contributed by atoms with Crippen molar-refractivity contribution in [2.45, 2.75) is 19.6 Å². The molecule has 0 aliphatic carbocycles. The zero-order chi connectivity index (χ0) is 34.0. The van der Waals surface area contributed by atoms with Crippen LogP contribution in [0.4, 0.5) is 17.8 Å². The largest absolute Gasteiger partial charge is 0.497 e. The molecule has 3 aromatic carbocycles. The van der Waals surface area contributed by atoms with E-state index in [2.05, 4.69) is 36.2 Å². The predicted octanol–water partition coefficient (Wildman–Crippen LogP) is 3.46. The Hall–Kier alpha value is -5.18. The third-order valence-electron chi connectivity index (χ3n) is 7.00. The number of anilines is 3. The van der Waals surface area contributed by atoms with Crippen molar-refractivity contribution in [3.63, 3.8) is 0 Å². The summed E-state index contributed by atoms with van der Waals surface area (Å²) in [6.07, 6.45) is 0. The highest BCUT2D eigenvalue weighted by molar-refractivity contribution is 5.94. The summed E-state index contributed by atoms with van der Waals surface area (Å²) in [4.78, 5) is 26.3. The van der Waals surface area contributed by atoms with Gasteiger partial charge in [-0.3, -0.25) is 4.79 Å². The lowest BCUT2D eigenvalue weighted by molar-refractivity contribution is 0.0511. The van der Waals surface area contributed by atoms with Crippen LogP contribution in [0.3, 0.4) is 0 Å². The molecule has 0 saturated carbocycles. The Labute approximate surface area is 280 Å². The number of nitrogens with one attached hydrogen (secondary N) is 4. The van der Waals surface area contributed by atoms with Crippen molar-refractivity contribution in [1.82, 2.24) is 20.3 Å². The highest BCUT2D eigenvalue weighted by atomic mass is 16.5. The van der Waals surface area contributed by atoms with Crippen LogP contribution in [-0.2, 0) is 29.1 Å². The van der Waals surface area contributed by atoms with E-state index in [1.807, 2.05) is 54.6 Å². The van der Waals surface area contributed by atoms with E-state index in [9.17, 15) is 4.79 Å². The van der Waals surface area contributed by atoms with E-state index in [4.69, 9.17) is 29.4 Å². The number of nitrogens with two attached hydrogens (primary N) is 1. The number of aromatic nitrogens is 3. The molecule has 4 rings (SSSR count). The van der Waals surface area contributed by atoms with Gasteiger partial charge in [-0.2, -0.15) is 15.0 Å². The van der Waals surface area contributed by atoms with Crippen LogP contribution in [0, 0.1) is 0 Å². The Morgan fingerprint density at radius 1 is 0.667 bits per heavy atom. The first-order valence-electron chi connectivity index (χ1n) is 15.6. The van der Waals surface area contributed by atoms with Crippen LogP contribution >= 0.6 is 0 Å². The van der Waals surface area contributed by atoms with Crippen LogP contribution in [0.15, 0.2) is 66.7 Å². The normalized spacial score (nSPS) is 10.7. The second-order valence-corrected chi connectivity index (χ2v) is 10.3. The van der Waals surface area contributed by atoms with Crippen LogP contribution in [0.25, 0.3) is 0 Å². The Morgan fingerprint density at radius 2 is 1.25 bits per heavy atom. The molecule has 256 valence electrons. The zero-order valence-electron chi connectivity index (χ0n) is 27.6. The summed E-state index contributed by atoms with van der Waals surface area (Å²) in [5.74, 6) is 3.01. The third kappa shape index (κ3) is 11.3. The summed E-state index contributed by atoms with van der Waals surface area (Å²) >= 11 is 0. The molecule has 0 aliphatic heterocycles. The van der Waals surface area contributed by atoms with Gasteiger partial charge in [0.2, 0.25) is 17.8 Å². The molecule has 0 atom stereocenters. The summed E-state index contributed by atoms with van der Waals surface area (Å²) in [5, 5.41) is 12.7. The second kappa shape index (κ2) is 19.5. The Balaban J connectivity index is 1.37. The Morgan fingerprint density at radius 3 is 1.81 bits per heavy atom. The molecule has 14 heteroatoms. The summed E-state index contributed by atoms with van der Waals surface area (Å²) in [5.41, 5.74) is 8.78. The minimum Gasteiger partial charge on any atom is -0.497 e. The van der Waals surface area contributed by atoms with Crippen molar-refractivity contribution in [2.24, 2.45) is 5.73 Å². The predicted molar refractivity (Wildman–Crippen MR) is 184 cm³/mol. The fourth-order valence-electron chi connectivity index (χ4n) is 4.50. The smallest absolute Gasteiger partial charge is 0.251 e. The molecule has 0 fully saturated rings. The van der Waals surface area contributed by atoms with Crippen LogP contribution in [0.1, 0.15) is 27.0 Å². The number of hydrogen-bond donors (Lipinski definition) is 5. The number of rotatable bonds is 21. The molecule has 0 aliphatic rings. The molecular formula is C34H44N8O6. The molecule has 0 unspecified atom stereocenters. The number of carbonyl (C=O) groups is 1. The molecule has 0 saturated heterocycles. The van der Waals surface area contributed by atoms with E-state index >= 15 is 0 Å². The minimum absolute atomic E-state index is 0.175. The number of hydrogen-bond acceptors (Lipinski definition) is 13. The molecule has 4 aromatic rings. The van der Waals surface area contributed by atoms with Gasteiger partial charge in [-0.15, -0.1) is 0 Å². The number of amides is 1. The number of nitrogens with zero attached hydrogens (tertiary/aromatic N) is 3. The number of ether oxygens (including phenoxy) is 5. The van der Waals surface area contributed by atoms with E-state index in [-0.39, 0.29) is 5.91 Å². The molecule has 1 aromatic heterocycles. The van der Waals surface area contributed by atoms with Crippen molar-refractivity contribution in [3.8, 4) is 17.2 Å². The van der Waals surface area contributed by atoms with Crippen LogP contribution in [-0.4, -0.2) is 81.7 Å². The third-order valence-corrected chi connectivity index (χ3v) is 7.00. The van der Waals surface area contributed by atoms with E-state index in [0.29, 0.717) is 94.1 Å². The van der Waals surface area contributed by atoms with Gasteiger partial charge in [-0.25, -0.2) is 0 Å². The fourth-order valence-corrected chi connectivity index (χ4v) is 4.50. The maximum atomic E-state index is 12.5. The van der Waals surface area contributed by atoms with Crippen molar-refractivity contribution in [3.05, 3.63) is 89.0 Å². The molecule has 0 radical (unpaired) electrons. The average molecular weight is 661 g/mol. The van der Waals surface area contributed by atoms with Crippen LogP contribution < -0.4 is 41.2 Å². The molecule has 6 N–H and O–H groups in total. The monoisotopic (exact) mass is 660 g/mol. The fraction of sp³-hybridized carbons (Fsp3) is 0.353. The van der Waals surface area contributed by atoms with Crippen LogP contribution in [0.2, 0.25) is 0 Å². The van der Waals surface area contributed by atoms with Crippen molar-refractivity contribution in [2.75, 3.05) is 76.8 Å². The van der Waals surface area contributed by atoms with Gasteiger partial charge in [0.1, 0.15) is 5.75 Å². The van der Waals surface area contributed by atoms with E-state index < -0.39 is 0 Å². The first-order valence-corrected chi connectivity index (χ1v) is 15.6. The van der Waals surface area contributed by atoms with E-state index in [1.165, 1.54) is 0 Å². The minimum atomic E-state index is -0.175. The van der Waals surface area contributed by atoms with Gasteiger partial charge < -0.3 is 50.7 Å². The quantitative estimate of drug-likeness (QED) is 0.0823. The lowest BCUT2D eigenvalue weighted by Gasteiger charge is -2.14. The maximum Gasteiger partial charge on any atom is 0.251 e.